The number of H-pyrrole nitrogens is 1. The number of hydrogen-bond acceptors (Lipinski definition) is 4. The normalized spacial score (nSPS) is 11.1. The highest BCUT2D eigenvalue weighted by Crippen LogP contribution is 2.38. The standard InChI is InChI=1S/C24H29N3O3/c1-4-27(5-2)16-10-15-25-24(29)22-23(30-17(3)28)21-19(13-9-14-20(21)26-22)18-11-7-6-8-12-18/h6-9,11-14,26H,4-5,10,15-16H2,1-3H3,(H,25,29). The van der Waals surface area contributed by atoms with Gasteiger partial charge >= 0.3 is 5.97 Å². The summed E-state index contributed by atoms with van der Waals surface area (Å²) in [4.78, 5) is 30.2. The average molecular weight is 408 g/mol. The van der Waals surface area contributed by atoms with Crippen molar-refractivity contribution in [1.82, 2.24) is 15.2 Å². The monoisotopic (exact) mass is 407 g/mol. The maximum absolute atomic E-state index is 12.9. The number of esters is 1. The van der Waals surface area contributed by atoms with Crippen molar-refractivity contribution in [2.45, 2.75) is 27.2 Å². The molecule has 0 atom stereocenters. The quantitative estimate of drug-likeness (QED) is 0.411. The smallest absolute Gasteiger partial charge is 0.308 e. The molecule has 6 nitrogen and oxygen atoms in total. The molecule has 3 rings (SSSR count). The minimum absolute atomic E-state index is 0.270. The van der Waals surface area contributed by atoms with E-state index in [1.54, 1.807) is 0 Å². The number of hydrogen-bond donors (Lipinski definition) is 2. The van der Waals surface area contributed by atoms with Crippen molar-refractivity contribution in [3.8, 4) is 16.9 Å². The predicted octanol–water partition coefficient (Wildman–Crippen LogP) is 4.22. The molecule has 0 aliphatic rings. The number of fused-ring (bicyclic) bond motifs is 1. The summed E-state index contributed by atoms with van der Waals surface area (Å²) in [6.07, 6.45) is 0.853. The maximum Gasteiger partial charge on any atom is 0.308 e. The van der Waals surface area contributed by atoms with Crippen LogP contribution in [0.3, 0.4) is 0 Å². The zero-order chi connectivity index (χ0) is 21.5. The molecule has 1 amide bonds. The van der Waals surface area contributed by atoms with Gasteiger partial charge in [0.2, 0.25) is 0 Å². The number of nitrogens with one attached hydrogen (secondary N) is 2. The average Bonchev–Trinajstić information content (AvgIpc) is 3.12. The van der Waals surface area contributed by atoms with Crippen LogP contribution in [0.5, 0.6) is 5.75 Å². The van der Waals surface area contributed by atoms with E-state index in [9.17, 15) is 9.59 Å². The summed E-state index contributed by atoms with van der Waals surface area (Å²) in [5.41, 5.74) is 2.91. The first-order valence-electron chi connectivity index (χ1n) is 10.4. The van der Waals surface area contributed by atoms with Crippen molar-refractivity contribution in [2.24, 2.45) is 0 Å². The second-order valence-corrected chi connectivity index (χ2v) is 7.15. The second-order valence-electron chi connectivity index (χ2n) is 7.15. The summed E-state index contributed by atoms with van der Waals surface area (Å²) in [6.45, 7) is 9.06. The molecule has 0 spiro atoms. The van der Waals surface area contributed by atoms with Gasteiger partial charge in [0.05, 0.1) is 10.9 Å². The van der Waals surface area contributed by atoms with E-state index in [2.05, 4.69) is 29.0 Å². The van der Waals surface area contributed by atoms with Crippen molar-refractivity contribution < 1.29 is 14.3 Å². The second kappa shape index (κ2) is 10.1. The zero-order valence-electron chi connectivity index (χ0n) is 17.8. The number of nitrogens with zero attached hydrogens (tertiary/aromatic N) is 1. The third-order valence-corrected chi connectivity index (χ3v) is 5.17. The molecule has 1 heterocycles. The lowest BCUT2D eigenvalue weighted by Gasteiger charge is -2.17. The van der Waals surface area contributed by atoms with Crippen LogP contribution in [0.1, 0.15) is 37.7 Å². The predicted molar refractivity (Wildman–Crippen MR) is 120 cm³/mol. The van der Waals surface area contributed by atoms with Crippen molar-refractivity contribution in [3.63, 3.8) is 0 Å². The van der Waals surface area contributed by atoms with Gasteiger partial charge in [0.1, 0.15) is 5.69 Å². The van der Waals surface area contributed by atoms with Crippen molar-refractivity contribution >= 4 is 22.8 Å². The molecule has 0 aliphatic carbocycles. The summed E-state index contributed by atoms with van der Waals surface area (Å²) in [6, 6.07) is 15.6. The van der Waals surface area contributed by atoms with Crippen molar-refractivity contribution in [1.29, 1.82) is 0 Å². The fraction of sp³-hybridized carbons (Fsp3) is 0.333. The number of carbonyl (C=O) groups is 2. The summed E-state index contributed by atoms with van der Waals surface area (Å²) in [5, 5.41) is 3.68. The Balaban J connectivity index is 1.91. The minimum Gasteiger partial charge on any atom is -0.424 e. The van der Waals surface area contributed by atoms with Crippen LogP contribution < -0.4 is 10.1 Å². The molecule has 2 aromatic carbocycles. The van der Waals surface area contributed by atoms with Gasteiger partial charge in [-0.2, -0.15) is 0 Å². The van der Waals surface area contributed by atoms with Gasteiger partial charge in [0.15, 0.2) is 5.75 Å². The van der Waals surface area contributed by atoms with Gasteiger partial charge in [-0.25, -0.2) is 0 Å². The lowest BCUT2D eigenvalue weighted by atomic mass is 10.0. The van der Waals surface area contributed by atoms with E-state index in [0.717, 1.165) is 48.1 Å². The molecular weight excluding hydrogens is 378 g/mol. The van der Waals surface area contributed by atoms with Crippen LogP contribution >= 0.6 is 0 Å². The molecule has 2 N–H and O–H groups in total. The fourth-order valence-electron chi connectivity index (χ4n) is 3.61. The van der Waals surface area contributed by atoms with E-state index >= 15 is 0 Å². The third-order valence-electron chi connectivity index (χ3n) is 5.17. The van der Waals surface area contributed by atoms with Crippen molar-refractivity contribution in [2.75, 3.05) is 26.2 Å². The number of amides is 1. The van der Waals surface area contributed by atoms with Gasteiger partial charge in [-0.3, -0.25) is 9.59 Å². The number of benzene rings is 2. The summed E-state index contributed by atoms with van der Waals surface area (Å²) in [5.74, 6) is -0.464. The highest BCUT2D eigenvalue weighted by Gasteiger charge is 2.23. The molecular formula is C24H29N3O3. The molecule has 0 radical (unpaired) electrons. The molecule has 0 aliphatic heterocycles. The Morgan fingerprint density at radius 3 is 2.43 bits per heavy atom. The molecule has 0 fully saturated rings. The van der Waals surface area contributed by atoms with E-state index in [4.69, 9.17) is 4.74 Å². The van der Waals surface area contributed by atoms with Crippen LogP contribution in [-0.2, 0) is 4.79 Å². The Kier molecular flexibility index (Phi) is 7.25. The van der Waals surface area contributed by atoms with Gasteiger partial charge in [0, 0.05) is 13.5 Å². The molecule has 3 aromatic rings. The molecule has 0 saturated heterocycles. The van der Waals surface area contributed by atoms with Gasteiger partial charge in [-0.05, 0) is 43.2 Å². The molecule has 6 heteroatoms. The molecule has 0 unspecified atom stereocenters. The minimum atomic E-state index is -0.464. The number of aromatic nitrogens is 1. The topological polar surface area (TPSA) is 74.4 Å². The Morgan fingerprint density at radius 2 is 1.77 bits per heavy atom. The molecule has 30 heavy (non-hydrogen) atoms. The highest BCUT2D eigenvalue weighted by molar-refractivity contribution is 6.09. The molecule has 0 saturated carbocycles. The maximum atomic E-state index is 12.9. The van der Waals surface area contributed by atoms with Gasteiger partial charge < -0.3 is 19.9 Å². The summed E-state index contributed by atoms with van der Waals surface area (Å²) in [7, 11) is 0. The van der Waals surface area contributed by atoms with Crippen LogP contribution in [0.2, 0.25) is 0 Å². The van der Waals surface area contributed by atoms with Crippen LogP contribution in [-0.4, -0.2) is 47.9 Å². The van der Waals surface area contributed by atoms with E-state index in [1.807, 2.05) is 48.5 Å². The first-order chi connectivity index (χ1) is 14.5. The summed E-state index contributed by atoms with van der Waals surface area (Å²) >= 11 is 0. The number of carbonyl (C=O) groups excluding carboxylic acids is 2. The zero-order valence-corrected chi connectivity index (χ0v) is 17.8. The van der Waals surface area contributed by atoms with Gasteiger partial charge in [-0.1, -0.05) is 56.3 Å². The fourth-order valence-corrected chi connectivity index (χ4v) is 3.61. The SMILES string of the molecule is CCN(CC)CCCNC(=O)c1[nH]c2cccc(-c3ccccc3)c2c1OC(C)=O. The number of aromatic amines is 1. The first-order valence-corrected chi connectivity index (χ1v) is 10.4. The van der Waals surface area contributed by atoms with Crippen LogP contribution in [0.4, 0.5) is 0 Å². The first kappa shape index (κ1) is 21.6. The number of rotatable bonds is 9. The van der Waals surface area contributed by atoms with Gasteiger partial charge in [0.25, 0.3) is 5.91 Å². The highest BCUT2D eigenvalue weighted by atomic mass is 16.5. The van der Waals surface area contributed by atoms with E-state index in [0.29, 0.717) is 6.54 Å². The van der Waals surface area contributed by atoms with E-state index < -0.39 is 5.97 Å². The molecule has 1 aromatic heterocycles. The number of ether oxygens (including phenoxy) is 1. The van der Waals surface area contributed by atoms with Crippen LogP contribution in [0.15, 0.2) is 48.5 Å². The Hall–Kier alpha value is -3.12. The van der Waals surface area contributed by atoms with E-state index in [-0.39, 0.29) is 17.4 Å². The lowest BCUT2D eigenvalue weighted by Crippen LogP contribution is -2.30. The Labute approximate surface area is 177 Å². The summed E-state index contributed by atoms with van der Waals surface area (Å²) < 4.78 is 5.52. The third kappa shape index (κ3) is 4.89. The Morgan fingerprint density at radius 1 is 1.03 bits per heavy atom. The van der Waals surface area contributed by atoms with E-state index in [1.165, 1.54) is 6.92 Å². The lowest BCUT2D eigenvalue weighted by molar-refractivity contribution is -0.131. The largest absolute Gasteiger partial charge is 0.424 e. The van der Waals surface area contributed by atoms with Crippen LogP contribution in [0.25, 0.3) is 22.0 Å². The van der Waals surface area contributed by atoms with Crippen LogP contribution in [0, 0.1) is 0 Å². The molecule has 0 bridgehead atoms. The van der Waals surface area contributed by atoms with Crippen molar-refractivity contribution in [3.05, 3.63) is 54.2 Å². The van der Waals surface area contributed by atoms with Gasteiger partial charge in [-0.15, -0.1) is 0 Å². The Bertz CT molecular complexity index is 1010. The molecule has 158 valence electrons.